The lowest BCUT2D eigenvalue weighted by atomic mass is 10.1. The van der Waals surface area contributed by atoms with Crippen LogP contribution in [0.1, 0.15) is 47.2 Å². The number of rotatable bonds is 5. The number of aromatic nitrogens is 2. The van der Waals surface area contributed by atoms with E-state index in [1.165, 1.54) is 24.3 Å². The number of halogens is 3. The first-order valence-electron chi connectivity index (χ1n) is 7.82. The molecule has 0 radical (unpaired) electrons. The standard InChI is InChI=1S/C17H18F3N3O3/c1-9(2)10(3)22-15(24)11-4-6-12(7-5-11)23-14(17(18,19)20)13(8-21-23)16(25)26/h4-10H,1-3H3,(H,22,24)(H,25,26). The van der Waals surface area contributed by atoms with Crippen molar-refractivity contribution >= 4 is 11.9 Å². The molecule has 1 aromatic carbocycles. The molecule has 9 heteroatoms. The van der Waals surface area contributed by atoms with Gasteiger partial charge in [-0.2, -0.15) is 18.3 Å². The van der Waals surface area contributed by atoms with Crippen molar-refractivity contribution in [3.05, 3.63) is 47.3 Å². The fourth-order valence-electron chi connectivity index (χ4n) is 2.18. The van der Waals surface area contributed by atoms with Gasteiger partial charge in [-0.25, -0.2) is 9.48 Å². The van der Waals surface area contributed by atoms with E-state index < -0.39 is 23.4 Å². The van der Waals surface area contributed by atoms with Crippen LogP contribution in [0.15, 0.2) is 30.5 Å². The van der Waals surface area contributed by atoms with E-state index in [0.717, 1.165) is 0 Å². The Morgan fingerprint density at radius 2 is 1.73 bits per heavy atom. The molecule has 0 saturated heterocycles. The zero-order valence-corrected chi connectivity index (χ0v) is 14.3. The summed E-state index contributed by atoms with van der Waals surface area (Å²) in [4.78, 5) is 23.1. The Balaban J connectivity index is 2.35. The van der Waals surface area contributed by atoms with Crippen LogP contribution in [0.3, 0.4) is 0 Å². The SMILES string of the molecule is CC(C)C(C)NC(=O)c1ccc(-n2ncc(C(=O)O)c2C(F)(F)F)cc1. The van der Waals surface area contributed by atoms with Gasteiger partial charge in [0.2, 0.25) is 0 Å². The molecule has 0 saturated carbocycles. The number of carbonyl (C=O) groups is 2. The van der Waals surface area contributed by atoms with Crippen molar-refractivity contribution in [1.82, 2.24) is 15.1 Å². The summed E-state index contributed by atoms with van der Waals surface area (Å²) < 4.78 is 40.2. The summed E-state index contributed by atoms with van der Waals surface area (Å²) >= 11 is 0. The van der Waals surface area contributed by atoms with Crippen LogP contribution in [0.4, 0.5) is 13.2 Å². The molecule has 0 aliphatic heterocycles. The van der Waals surface area contributed by atoms with Gasteiger partial charge in [0, 0.05) is 11.6 Å². The Labute approximate surface area is 147 Å². The number of nitrogens with one attached hydrogen (secondary N) is 1. The van der Waals surface area contributed by atoms with Crippen LogP contribution in [0.2, 0.25) is 0 Å². The smallest absolute Gasteiger partial charge is 0.434 e. The largest absolute Gasteiger partial charge is 0.478 e. The zero-order valence-electron chi connectivity index (χ0n) is 14.3. The molecule has 2 aromatic rings. The summed E-state index contributed by atoms with van der Waals surface area (Å²) in [5, 5.41) is 15.3. The molecule has 2 N–H and O–H groups in total. The average Bonchev–Trinajstić information content (AvgIpc) is 3.00. The maximum absolute atomic E-state index is 13.2. The quantitative estimate of drug-likeness (QED) is 0.846. The van der Waals surface area contributed by atoms with Gasteiger partial charge in [0.15, 0.2) is 5.69 Å². The fourth-order valence-corrected chi connectivity index (χ4v) is 2.18. The highest BCUT2D eigenvalue weighted by Gasteiger charge is 2.40. The third-order valence-corrected chi connectivity index (χ3v) is 4.00. The van der Waals surface area contributed by atoms with Gasteiger partial charge >= 0.3 is 12.1 Å². The molecule has 26 heavy (non-hydrogen) atoms. The molecule has 0 fully saturated rings. The summed E-state index contributed by atoms with van der Waals surface area (Å²) in [7, 11) is 0. The van der Waals surface area contributed by atoms with E-state index in [9.17, 15) is 22.8 Å². The minimum absolute atomic E-state index is 0.00159. The summed E-state index contributed by atoms with van der Waals surface area (Å²) in [6.07, 6.45) is -4.25. The van der Waals surface area contributed by atoms with E-state index in [0.29, 0.717) is 10.9 Å². The van der Waals surface area contributed by atoms with Crippen LogP contribution >= 0.6 is 0 Å². The maximum Gasteiger partial charge on any atom is 0.434 e. The van der Waals surface area contributed by atoms with E-state index in [1.54, 1.807) is 0 Å². The molecule has 0 bridgehead atoms. The minimum Gasteiger partial charge on any atom is -0.478 e. The second-order valence-corrected chi connectivity index (χ2v) is 6.17. The van der Waals surface area contributed by atoms with Crippen LogP contribution in [0.25, 0.3) is 5.69 Å². The number of carboxylic acids is 1. The van der Waals surface area contributed by atoms with Gasteiger partial charge in [-0.1, -0.05) is 13.8 Å². The van der Waals surface area contributed by atoms with Gasteiger partial charge in [-0.15, -0.1) is 0 Å². The van der Waals surface area contributed by atoms with Gasteiger partial charge in [0.05, 0.1) is 11.9 Å². The third kappa shape index (κ3) is 4.04. The molecule has 1 aromatic heterocycles. The fraction of sp³-hybridized carbons (Fsp3) is 0.353. The Kier molecular flexibility index (Phi) is 5.38. The van der Waals surface area contributed by atoms with E-state index >= 15 is 0 Å². The molecule has 2 rings (SSSR count). The second-order valence-electron chi connectivity index (χ2n) is 6.17. The Hall–Kier alpha value is -2.84. The molecule has 140 valence electrons. The van der Waals surface area contributed by atoms with Crippen molar-refractivity contribution in [2.45, 2.75) is 33.0 Å². The minimum atomic E-state index is -4.90. The molecule has 1 unspecified atom stereocenters. The van der Waals surface area contributed by atoms with Gasteiger partial charge in [0.1, 0.15) is 5.56 Å². The van der Waals surface area contributed by atoms with Gasteiger partial charge in [0.25, 0.3) is 5.91 Å². The molecule has 0 aliphatic rings. The first kappa shape index (κ1) is 19.5. The molecule has 0 aliphatic carbocycles. The van der Waals surface area contributed by atoms with E-state index in [-0.39, 0.29) is 29.1 Å². The van der Waals surface area contributed by atoms with Gasteiger partial charge in [-0.3, -0.25) is 4.79 Å². The summed E-state index contributed by atoms with van der Waals surface area (Å²) in [5.74, 6) is -1.84. The maximum atomic E-state index is 13.2. The first-order chi connectivity index (χ1) is 12.0. The van der Waals surface area contributed by atoms with Crippen molar-refractivity contribution in [2.75, 3.05) is 0 Å². The van der Waals surface area contributed by atoms with Gasteiger partial charge in [-0.05, 0) is 37.1 Å². The topological polar surface area (TPSA) is 84.2 Å². The summed E-state index contributed by atoms with van der Waals surface area (Å²) in [6.45, 7) is 5.75. The van der Waals surface area contributed by atoms with E-state index in [1.807, 2.05) is 20.8 Å². The van der Waals surface area contributed by atoms with Crippen molar-refractivity contribution < 1.29 is 27.9 Å². The number of nitrogens with zero attached hydrogens (tertiary/aromatic N) is 2. The number of alkyl halides is 3. The predicted molar refractivity (Wildman–Crippen MR) is 87.3 cm³/mol. The van der Waals surface area contributed by atoms with Crippen LogP contribution < -0.4 is 5.32 Å². The molecule has 1 heterocycles. The van der Waals surface area contributed by atoms with Gasteiger partial charge < -0.3 is 10.4 Å². The first-order valence-corrected chi connectivity index (χ1v) is 7.82. The molecule has 0 spiro atoms. The monoisotopic (exact) mass is 369 g/mol. The van der Waals surface area contributed by atoms with Crippen molar-refractivity contribution in [3.63, 3.8) is 0 Å². The number of aromatic carboxylic acids is 1. The van der Waals surface area contributed by atoms with Crippen LogP contribution in [-0.4, -0.2) is 32.8 Å². The number of carboxylic acid groups (broad SMARTS) is 1. The lowest BCUT2D eigenvalue weighted by molar-refractivity contribution is -0.143. The van der Waals surface area contributed by atoms with Crippen molar-refractivity contribution in [1.29, 1.82) is 0 Å². The van der Waals surface area contributed by atoms with Crippen molar-refractivity contribution in [3.8, 4) is 5.69 Å². The number of hydrogen-bond donors (Lipinski definition) is 2. The molecular weight excluding hydrogens is 351 g/mol. The highest BCUT2D eigenvalue weighted by molar-refractivity contribution is 5.94. The summed E-state index contributed by atoms with van der Waals surface area (Å²) in [5.41, 5.74) is -2.04. The predicted octanol–water partition coefficient (Wildman–Crippen LogP) is 3.36. The van der Waals surface area contributed by atoms with Crippen molar-refractivity contribution in [2.24, 2.45) is 5.92 Å². The van der Waals surface area contributed by atoms with Crippen LogP contribution in [0.5, 0.6) is 0 Å². The highest BCUT2D eigenvalue weighted by atomic mass is 19.4. The summed E-state index contributed by atoms with van der Waals surface area (Å²) in [6, 6.07) is 5.22. The van der Waals surface area contributed by atoms with E-state index in [2.05, 4.69) is 10.4 Å². The number of hydrogen-bond acceptors (Lipinski definition) is 3. The molecule has 6 nitrogen and oxygen atoms in total. The normalized spacial score (nSPS) is 12.9. The third-order valence-electron chi connectivity index (χ3n) is 4.00. The molecule has 1 atom stereocenters. The van der Waals surface area contributed by atoms with Crippen LogP contribution in [-0.2, 0) is 6.18 Å². The molecular formula is C17H18F3N3O3. The van der Waals surface area contributed by atoms with E-state index in [4.69, 9.17) is 5.11 Å². The lowest BCUT2D eigenvalue weighted by Gasteiger charge is -2.17. The van der Waals surface area contributed by atoms with Crippen LogP contribution in [0, 0.1) is 5.92 Å². The highest BCUT2D eigenvalue weighted by Crippen LogP contribution is 2.33. The number of amides is 1. The Morgan fingerprint density at radius 3 is 2.19 bits per heavy atom. The second kappa shape index (κ2) is 7.19. The Bertz CT molecular complexity index is 811. The zero-order chi connectivity index (χ0) is 19.6. The molecule has 1 amide bonds. The number of benzene rings is 1. The number of carbonyl (C=O) groups excluding carboxylic acids is 1. The Morgan fingerprint density at radius 1 is 1.15 bits per heavy atom. The lowest BCUT2D eigenvalue weighted by Crippen LogP contribution is -2.36. The average molecular weight is 369 g/mol.